The topological polar surface area (TPSA) is 66.4 Å². The molecule has 0 aromatic heterocycles. The summed E-state index contributed by atoms with van der Waals surface area (Å²) in [5.41, 5.74) is 0. The van der Waals surface area contributed by atoms with Gasteiger partial charge in [0.05, 0.1) is 5.92 Å². The Balaban J connectivity index is 1.59. The molecule has 0 heterocycles. The third-order valence-corrected chi connectivity index (χ3v) is 5.28. The van der Waals surface area contributed by atoms with E-state index in [1.54, 1.807) is 0 Å². The first-order valence-electron chi connectivity index (χ1n) is 7.68. The van der Waals surface area contributed by atoms with Gasteiger partial charge in [-0.3, -0.25) is 9.59 Å². The van der Waals surface area contributed by atoms with Crippen molar-refractivity contribution in [2.75, 3.05) is 0 Å². The number of nitrogens with one attached hydrogen (secondary N) is 1. The molecule has 3 rings (SSSR count). The summed E-state index contributed by atoms with van der Waals surface area (Å²) < 4.78 is 0. The minimum atomic E-state index is -0.749. The maximum absolute atomic E-state index is 12.3. The maximum atomic E-state index is 12.3. The lowest BCUT2D eigenvalue weighted by atomic mass is 9.93. The van der Waals surface area contributed by atoms with Gasteiger partial charge in [-0.2, -0.15) is 0 Å². The third-order valence-electron chi connectivity index (χ3n) is 5.28. The van der Waals surface area contributed by atoms with Gasteiger partial charge in [0.2, 0.25) is 5.91 Å². The van der Waals surface area contributed by atoms with E-state index < -0.39 is 5.97 Å². The lowest BCUT2D eigenvalue weighted by Gasteiger charge is -2.24. The van der Waals surface area contributed by atoms with Crippen LogP contribution in [0.4, 0.5) is 0 Å². The minimum absolute atomic E-state index is 0.116. The van der Waals surface area contributed by atoms with Crippen LogP contribution in [0.25, 0.3) is 0 Å². The molecule has 0 radical (unpaired) electrons. The highest BCUT2D eigenvalue weighted by molar-refractivity contribution is 5.80. The van der Waals surface area contributed by atoms with Crippen LogP contribution in [0.1, 0.15) is 51.4 Å². The molecule has 4 heteroatoms. The van der Waals surface area contributed by atoms with Crippen LogP contribution in [-0.4, -0.2) is 23.0 Å². The highest BCUT2D eigenvalue weighted by Gasteiger charge is 2.48. The van der Waals surface area contributed by atoms with Gasteiger partial charge in [-0.05, 0) is 43.9 Å². The molecular weight excluding hydrogens is 242 g/mol. The zero-order valence-corrected chi connectivity index (χ0v) is 11.3. The molecule has 3 aliphatic carbocycles. The van der Waals surface area contributed by atoms with Gasteiger partial charge in [-0.15, -0.1) is 0 Å². The van der Waals surface area contributed by atoms with E-state index in [0.29, 0.717) is 6.42 Å². The Morgan fingerprint density at radius 1 is 0.947 bits per heavy atom. The van der Waals surface area contributed by atoms with Gasteiger partial charge in [-0.25, -0.2) is 0 Å². The van der Waals surface area contributed by atoms with Crippen molar-refractivity contribution in [2.24, 2.45) is 23.7 Å². The van der Waals surface area contributed by atoms with E-state index in [9.17, 15) is 14.7 Å². The lowest BCUT2D eigenvalue weighted by Crippen LogP contribution is -2.45. The van der Waals surface area contributed by atoms with E-state index in [1.165, 1.54) is 6.42 Å². The lowest BCUT2D eigenvalue weighted by molar-refractivity contribution is -0.143. The van der Waals surface area contributed by atoms with Crippen molar-refractivity contribution < 1.29 is 14.7 Å². The molecule has 3 aliphatic rings. The van der Waals surface area contributed by atoms with Gasteiger partial charge in [0.25, 0.3) is 0 Å². The summed E-state index contributed by atoms with van der Waals surface area (Å²) in [6, 6.07) is -0.149. The first-order valence-corrected chi connectivity index (χ1v) is 7.68. The first-order chi connectivity index (χ1) is 9.15. The Bertz CT molecular complexity index is 372. The highest BCUT2D eigenvalue weighted by Crippen LogP contribution is 2.54. The Hall–Kier alpha value is -1.06. The molecule has 0 spiro atoms. The molecule has 106 valence electrons. The van der Waals surface area contributed by atoms with Crippen LogP contribution >= 0.6 is 0 Å². The number of aliphatic carboxylic acids is 1. The number of rotatable bonds is 3. The van der Waals surface area contributed by atoms with Crippen LogP contribution in [0, 0.1) is 23.7 Å². The minimum Gasteiger partial charge on any atom is -0.481 e. The van der Waals surface area contributed by atoms with E-state index in [2.05, 4.69) is 5.32 Å². The van der Waals surface area contributed by atoms with Gasteiger partial charge >= 0.3 is 5.97 Å². The van der Waals surface area contributed by atoms with E-state index in [0.717, 1.165) is 50.4 Å². The predicted molar refractivity (Wildman–Crippen MR) is 70.5 cm³/mol. The summed E-state index contributed by atoms with van der Waals surface area (Å²) in [6.07, 6.45) is 7.98. The van der Waals surface area contributed by atoms with Gasteiger partial charge in [-0.1, -0.05) is 19.3 Å². The third kappa shape index (κ3) is 2.77. The summed E-state index contributed by atoms with van der Waals surface area (Å²) in [6.45, 7) is 0. The summed E-state index contributed by atoms with van der Waals surface area (Å²) >= 11 is 0. The Labute approximate surface area is 113 Å². The predicted octanol–water partition coefficient (Wildman–Crippen LogP) is 2.18. The van der Waals surface area contributed by atoms with Crippen molar-refractivity contribution in [3.8, 4) is 0 Å². The number of hydrogen-bond donors (Lipinski definition) is 2. The number of carbonyl (C=O) groups excluding carboxylic acids is 1. The van der Waals surface area contributed by atoms with E-state index >= 15 is 0 Å². The van der Waals surface area contributed by atoms with Crippen LogP contribution < -0.4 is 5.32 Å². The Morgan fingerprint density at radius 3 is 2.32 bits per heavy atom. The molecule has 4 unspecified atom stereocenters. The smallest absolute Gasteiger partial charge is 0.308 e. The summed E-state index contributed by atoms with van der Waals surface area (Å²) in [4.78, 5) is 23.6. The molecule has 19 heavy (non-hydrogen) atoms. The molecule has 0 saturated heterocycles. The van der Waals surface area contributed by atoms with Crippen molar-refractivity contribution in [3.63, 3.8) is 0 Å². The standard InChI is InChI=1S/C15H23NO3/c17-14(11-7-9-6-10(9)8-11)16-13-5-3-1-2-4-12(13)15(18)19/h9-13H,1-8H2,(H,16,17)(H,18,19). The monoisotopic (exact) mass is 265 g/mol. The van der Waals surface area contributed by atoms with Crippen LogP contribution in [0.2, 0.25) is 0 Å². The molecule has 0 aromatic carbocycles. The second kappa shape index (κ2) is 5.14. The van der Waals surface area contributed by atoms with Crippen molar-refractivity contribution in [1.29, 1.82) is 0 Å². The number of fused-ring (bicyclic) bond motifs is 1. The number of carboxylic acid groups (broad SMARTS) is 1. The molecule has 2 N–H and O–H groups in total. The summed E-state index contributed by atoms with van der Waals surface area (Å²) in [5, 5.41) is 12.4. The average molecular weight is 265 g/mol. The molecule has 1 amide bonds. The van der Waals surface area contributed by atoms with Gasteiger partial charge in [0.1, 0.15) is 0 Å². The maximum Gasteiger partial charge on any atom is 0.308 e. The van der Waals surface area contributed by atoms with Crippen LogP contribution in [0.5, 0.6) is 0 Å². The number of carboxylic acids is 1. The van der Waals surface area contributed by atoms with E-state index in [1.807, 2.05) is 0 Å². The fourth-order valence-electron chi connectivity index (χ4n) is 4.01. The number of amides is 1. The molecule has 4 nitrogen and oxygen atoms in total. The van der Waals surface area contributed by atoms with E-state index in [-0.39, 0.29) is 23.8 Å². The second-order valence-corrected chi connectivity index (χ2v) is 6.62. The van der Waals surface area contributed by atoms with Crippen molar-refractivity contribution >= 4 is 11.9 Å². The SMILES string of the molecule is O=C(NC1CCCCCC1C(=O)O)C1CC2CC2C1. The fourth-order valence-corrected chi connectivity index (χ4v) is 4.01. The zero-order valence-electron chi connectivity index (χ0n) is 11.3. The highest BCUT2D eigenvalue weighted by atomic mass is 16.4. The van der Waals surface area contributed by atoms with Crippen LogP contribution in [0.15, 0.2) is 0 Å². The first kappa shape index (κ1) is 12.9. The molecule has 3 saturated carbocycles. The van der Waals surface area contributed by atoms with Gasteiger partial charge in [0, 0.05) is 12.0 Å². The average Bonchev–Trinajstić information content (AvgIpc) is 3.05. The van der Waals surface area contributed by atoms with Crippen molar-refractivity contribution in [2.45, 2.75) is 57.4 Å². The van der Waals surface area contributed by atoms with Crippen LogP contribution in [0.3, 0.4) is 0 Å². The molecular formula is C15H23NO3. The Kier molecular flexibility index (Phi) is 3.50. The molecule has 4 atom stereocenters. The summed E-state index contributed by atoms with van der Waals surface area (Å²) in [7, 11) is 0. The largest absolute Gasteiger partial charge is 0.481 e. The fraction of sp³-hybridized carbons (Fsp3) is 0.867. The second-order valence-electron chi connectivity index (χ2n) is 6.62. The van der Waals surface area contributed by atoms with Crippen LogP contribution in [-0.2, 0) is 9.59 Å². The normalized spacial score (nSPS) is 41.2. The molecule has 0 aliphatic heterocycles. The molecule has 0 aromatic rings. The van der Waals surface area contributed by atoms with E-state index in [4.69, 9.17) is 0 Å². The molecule has 0 bridgehead atoms. The zero-order chi connectivity index (χ0) is 13.4. The Morgan fingerprint density at radius 2 is 1.63 bits per heavy atom. The quantitative estimate of drug-likeness (QED) is 0.769. The van der Waals surface area contributed by atoms with Gasteiger partial charge < -0.3 is 10.4 Å². The summed E-state index contributed by atoms with van der Waals surface area (Å²) in [5.74, 6) is 0.718. The van der Waals surface area contributed by atoms with Crippen molar-refractivity contribution in [1.82, 2.24) is 5.32 Å². The van der Waals surface area contributed by atoms with Gasteiger partial charge in [0.15, 0.2) is 0 Å². The molecule has 3 fully saturated rings. The van der Waals surface area contributed by atoms with Crippen molar-refractivity contribution in [3.05, 3.63) is 0 Å². The number of carbonyl (C=O) groups is 2. The number of hydrogen-bond acceptors (Lipinski definition) is 2.